The Morgan fingerprint density at radius 2 is 2.36 bits per heavy atom. The molecule has 4 heteroatoms. The van der Waals surface area contributed by atoms with Crippen LogP contribution in [0.3, 0.4) is 0 Å². The van der Waals surface area contributed by atoms with Crippen LogP contribution in [-0.4, -0.2) is 14.5 Å². The molecule has 1 amide bonds. The van der Waals surface area contributed by atoms with Crippen molar-refractivity contribution < 1.29 is 4.79 Å². The molecular weight excluding hydrogens is 309 g/mol. The van der Waals surface area contributed by atoms with E-state index in [9.17, 15) is 4.79 Å². The number of hydrogen-bond donors (Lipinski definition) is 0. The van der Waals surface area contributed by atoms with Crippen LogP contribution in [0.15, 0.2) is 40.9 Å². The fraction of sp³-hybridized carbons (Fsp3) is 0.200. The van der Waals surface area contributed by atoms with Gasteiger partial charge in [-0.2, -0.15) is 4.99 Å². The quantitative estimate of drug-likeness (QED) is 0.322. The van der Waals surface area contributed by atoms with Gasteiger partial charge < -0.3 is 0 Å². The number of alkyl halides is 1. The molecule has 0 radical (unpaired) electrons. The molecule has 0 spiro atoms. The number of aliphatic imine (C=N–C) groups is 1. The van der Waals surface area contributed by atoms with Crippen molar-refractivity contribution in [3.63, 3.8) is 0 Å². The Morgan fingerprint density at radius 3 is 3.00 bits per heavy atom. The Bertz CT molecular complexity index is 387. The molecule has 1 aliphatic carbocycles. The average Bonchev–Trinajstić information content (AvgIpc) is 2.27. The Hall–Kier alpha value is -0.580. The molecule has 72 valence electrons. The van der Waals surface area contributed by atoms with Crippen molar-refractivity contribution in [3.05, 3.63) is 36.0 Å². The Balaban J connectivity index is 3.05. The van der Waals surface area contributed by atoms with Gasteiger partial charge in [0.15, 0.2) is 0 Å². The molecule has 0 aromatic carbocycles. The second-order valence-electron chi connectivity index (χ2n) is 2.98. The van der Waals surface area contributed by atoms with Crippen molar-refractivity contribution in [2.45, 2.75) is 10.3 Å². The zero-order chi connectivity index (χ0) is 10.6. The van der Waals surface area contributed by atoms with E-state index in [-0.39, 0.29) is 9.33 Å². The lowest BCUT2D eigenvalue weighted by Gasteiger charge is -2.11. The highest BCUT2D eigenvalue weighted by Gasteiger charge is 2.17. The van der Waals surface area contributed by atoms with Crippen LogP contribution in [0.1, 0.15) is 6.92 Å². The minimum atomic E-state index is -0.345. The minimum Gasteiger partial charge on any atom is -0.266 e. The topological polar surface area (TPSA) is 29.4 Å². The number of carbonyl (C=O) groups excluding carboxylic acids is 1. The predicted octanol–water partition coefficient (Wildman–Crippen LogP) is 2.86. The lowest BCUT2D eigenvalue weighted by atomic mass is 10.1. The summed E-state index contributed by atoms with van der Waals surface area (Å²) in [6.07, 6.45) is 9.30. The van der Waals surface area contributed by atoms with Crippen LogP contribution >= 0.6 is 34.8 Å². The molecule has 14 heavy (non-hydrogen) atoms. The number of carbonyl (C=O) groups is 1. The lowest BCUT2D eigenvalue weighted by Crippen LogP contribution is -2.09. The fourth-order valence-electron chi connectivity index (χ4n) is 1.04. The summed E-state index contributed by atoms with van der Waals surface area (Å²) >= 11 is 6.63. The molecule has 0 aromatic rings. The van der Waals surface area contributed by atoms with Crippen LogP contribution in [0.2, 0.25) is 0 Å². The molecule has 0 saturated carbocycles. The largest absolute Gasteiger partial charge is 0.285 e. The van der Waals surface area contributed by atoms with Crippen molar-refractivity contribution in [1.29, 1.82) is 0 Å². The molecule has 0 bridgehead atoms. The van der Waals surface area contributed by atoms with Crippen LogP contribution in [0.4, 0.5) is 0 Å². The Morgan fingerprint density at radius 1 is 1.64 bits per heavy atom. The summed E-state index contributed by atoms with van der Waals surface area (Å²) in [6, 6.07) is 0. The van der Waals surface area contributed by atoms with Crippen LogP contribution < -0.4 is 0 Å². The molecule has 0 N–H and O–H groups in total. The lowest BCUT2D eigenvalue weighted by molar-refractivity contribution is -0.114. The monoisotopic (exact) mass is 317 g/mol. The second kappa shape index (κ2) is 4.77. The van der Waals surface area contributed by atoms with Gasteiger partial charge in [-0.3, -0.25) is 4.79 Å². The number of amides is 1. The molecule has 0 fully saturated rings. The average molecular weight is 317 g/mol. The van der Waals surface area contributed by atoms with Gasteiger partial charge in [-0.1, -0.05) is 46.9 Å². The van der Waals surface area contributed by atoms with Gasteiger partial charge in [-0.05, 0) is 25.2 Å². The van der Waals surface area contributed by atoms with E-state index in [0.717, 1.165) is 0 Å². The van der Waals surface area contributed by atoms with E-state index >= 15 is 0 Å². The maximum absolute atomic E-state index is 11.4. The predicted molar refractivity (Wildman–Crippen MR) is 68.8 cm³/mol. The van der Waals surface area contributed by atoms with E-state index in [1.165, 1.54) is 0 Å². The molecule has 1 atom stereocenters. The number of nitrogens with zero attached hydrogens (tertiary/aromatic N) is 1. The third-order valence-corrected chi connectivity index (χ3v) is 2.40. The molecule has 2 nitrogen and oxygen atoms in total. The van der Waals surface area contributed by atoms with Gasteiger partial charge >= 0.3 is 0 Å². The number of halogens is 1. The Kier molecular flexibility index (Phi) is 3.92. The maximum Gasteiger partial charge on any atom is 0.285 e. The van der Waals surface area contributed by atoms with Gasteiger partial charge in [0.25, 0.3) is 5.91 Å². The molecule has 1 unspecified atom stereocenters. The first-order valence-electron chi connectivity index (χ1n) is 3.95. The highest BCUT2D eigenvalue weighted by molar-refractivity contribution is 14.1. The van der Waals surface area contributed by atoms with E-state index in [2.05, 4.69) is 45.0 Å². The number of hydrogen-bond acceptors (Lipinski definition) is 2. The third kappa shape index (κ3) is 3.29. The fourth-order valence-corrected chi connectivity index (χ4v) is 1.67. The minimum absolute atomic E-state index is 0.163. The first-order valence-corrected chi connectivity index (χ1v) is 5.44. The molecule has 0 aromatic heterocycles. The van der Waals surface area contributed by atoms with E-state index in [1.807, 2.05) is 31.2 Å². The van der Waals surface area contributed by atoms with E-state index < -0.39 is 0 Å². The summed E-state index contributed by atoms with van der Waals surface area (Å²) < 4.78 is -0.163. The number of allylic oxidation sites excluding steroid dienone is 4. The van der Waals surface area contributed by atoms with E-state index in [0.29, 0.717) is 5.57 Å². The van der Waals surface area contributed by atoms with E-state index in [1.54, 1.807) is 6.08 Å². The van der Waals surface area contributed by atoms with Crippen molar-refractivity contribution in [2.75, 3.05) is 0 Å². The first kappa shape index (κ1) is 11.5. The number of rotatable bonds is 1. The zero-order valence-corrected chi connectivity index (χ0v) is 10.5. The smallest absolute Gasteiger partial charge is 0.266 e. The van der Waals surface area contributed by atoms with Crippen molar-refractivity contribution in [3.8, 4) is 0 Å². The van der Waals surface area contributed by atoms with Gasteiger partial charge in [0.1, 0.15) is 0 Å². The Labute approximate surface area is 102 Å². The number of isothiocyanates is 1. The van der Waals surface area contributed by atoms with Gasteiger partial charge in [-0.15, -0.1) is 0 Å². The van der Waals surface area contributed by atoms with Crippen LogP contribution in [-0.2, 0) is 4.79 Å². The highest BCUT2D eigenvalue weighted by Crippen LogP contribution is 2.26. The van der Waals surface area contributed by atoms with Crippen LogP contribution in [0.5, 0.6) is 0 Å². The molecular formula is C10H8INOS. The summed E-state index contributed by atoms with van der Waals surface area (Å²) in [5.41, 5.74) is 0.546. The van der Waals surface area contributed by atoms with Crippen molar-refractivity contribution in [2.24, 2.45) is 4.99 Å². The molecule has 0 heterocycles. The molecule has 1 aliphatic rings. The van der Waals surface area contributed by atoms with Crippen LogP contribution in [0.25, 0.3) is 0 Å². The van der Waals surface area contributed by atoms with Crippen LogP contribution in [0, 0.1) is 0 Å². The first-order chi connectivity index (χ1) is 6.55. The van der Waals surface area contributed by atoms with Gasteiger partial charge in [0, 0.05) is 5.57 Å². The summed E-state index contributed by atoms with van der Waals surface area (Å²) in [5, 5.41) is 2.07. The third-order valence-electron chi connectivity index (χ3n) is 1.64. The van der Waals surface area contributed by atoms with Gasteiger partial charge in [0.2, 0.25) is 0 Å². The molecule has 0 saturated heterocycles. The van der Waals surface area contributed by atoms with E-state index in [4.69, 9.17) is 0 Å². The second-order valence-corrected chi connectivity index (χ2v) is 5.48. The maximum atomic E-state index is 11.4. The summed E-state index contributed by atoms with van der Waals surface area (Å²) in [7, 11) is 0. The number of thiocarbonyl (C=S) groups is 1. The SMILES string of the molecule is CC1(I)C=CC=CC(C(=O)N=C=S)=C1. The molecule has 1 rings (SSSR count). The standard InChI is InChI=1S/C10H8INOS/c1-10(11)5-3-2-4-8(6-10)9(13)12-7-14/h2-6H,1H3. The highest BCUT2D eigenvalue weighted by atomic mass is 127. The van der Waals surface area contributed by atoms with Gasteiger partial charge in [0.05, 0.1) is 8.58 Å². The normalized spacial score (nSPS) is 24.9. The summed E-state index contributed by atoms with van der Waals surface area (Å²) in [6.45, 7) is 2.01. The summed E-state index contributed by atoms with van der Waals surface area (Å²) in [5.74, 6) is -0.345. The summed E-state index contributed by atoms with van der Waals surface area (Å²) in [4.78, 5) is 14.8. The van der Waals surface area contributed by atoms with Crippen molar-refractivity contribution in [1.82, 2.24) is 0 Å². The van der Waals surface area contributed by atoms with Crippen molar-refractivity contribution >= 4 is 45.9 Å². The van der Waals surface area contributed by atoms with Gasteiger partial charge in [-0.25, -0.2) is 0 Å². The zero-order valence-electron chi connectivity index (χ0n) is 7.53. The molecule has 0 aliphatic heterocycles.